The van der Waals surface area contributed by atoms with Gasteiger partial charge in [0.15, 0.2) is 5.76 Å². The second-order valence-electron chi connectivity index (χ2n) is 3.78. The van der Waals surface area contributed by atoms with Crippen LogP contribution in [0.4, 0.5) is 0 Å². The van der Waals surface area contributed by atoms with Crippen molar-refractivity contribution >= 4 is 0 Å². The summed E-state index contributed by atoms with van der Waals surface area (Å²) in [7, 11) is 0. The third kappa shape index (κ3) is 2.31. The van der Waals surface area contributed by atoms with E-state index in [2.05, 4.69) is 30.4 Å². The fourth-order valence-electron chi connectivity index (χ4n) is 1.62. The minimum absolute atomic E-state index is 0.756. The van der Waals surface area contributed by atoms with Crippen molar-refractivity contribution in [1.29, 1.82) is 0 Å². The molecular weight excluding hydrogens is 200 g/mol. The first-order valence-electron chi connectivity index (χ1n) is 5.53. The molecule has 16 heavy (non-hydrogen) atoms. The summed E-state index contributed by atoms with van der Waals surface area (Å²) in [5.41, 5.74) is 3.26. The summed E-state index contributed by atoms with van der Waals surface area (Å²) in [4.78, 5) is 0. The zero-order valence-electron chi connectivity index (χ0n) is 9.66. The number of aromatic nitrogens is 1. The molecule has 2 rings (SSSR count). The van der Waals surface area contributed by atoms with E-state index in [4.69, 9.17) is 4.52 Å². The van der Waals surface area contributed by atoms with Crippen LogP contribution in [-0.4, -0.2) is 11.7 Å². The van der Waals surface area contributed by atoms with Crippen LogP contribution in [-0.2, 0) is 6.54 Å². The quantitative estimate of drug-likeness (QED) is 0.854. The van der Waals surface area contributed by atoms with Crippen molar-refractivity contribution in [2.24, 2.45) is 0 Å². The summed E-state index contributed by atoms with van der Waals surface area (Å²) in [6, 6.07) is 10.1. The first kappa shape index (κ1) is 10.9. The smallest absolute Gasteiger partial charge is 0.167 e. The van der Waals surface area contributed by atoms with E-state index >= 15 is 0 Å². The monoisotopic (exact) mass is 216 g/mol. The number of benzene rings is 1. The number of hydrogen-bond acceptors (Lipinski definition) is 3. The highest BCUT2D eigenvalue weighted by Gasteiger charge is 2.07. The molecule has 1 heterocycles. The van der Waals surface area contributed by atoms with Crippen LogP contribution < -0.4 is 5.32 Å². The Morgan fingerprint density at radius 2 is 2.12 bits per heavy atom. The Morgan fingerprint density at radius 3 is 2.88 bits per heavy atom. The summed E-state index contributed by atoms with van der Waals surface area (Å²) in [5.74, 6) is 0.839. The Balaban J connectivity index is 2.22. The van der Waals surface area contributed by atoms with Gasteiger partial charge >= 0.3 is 0 Å². The molecule has 0 fully saturated rings. The first-order chi connectivity index (χ1) is 7.81. The predicted molar refractivity (Wildman–Crippen MR) is 64.1 cm³/mol. The molecule has 0 spiro atoms. The maximum atomic E-state index is 5.34. The molecule has 84 valence electrons. The molecule has 1 N–H and O–H groups in total. The molecule has 3 heteroatoms. The van der Waals surface area contributed by atoms with Gasteiger partial charge in [0.05, 0.1) is 5.69 Å². The number of rotatable bonds is 4. The molecule has 3 nitrogen and oxygen atoms in total. The van der Waals surface area contributed by atoms with Crippen molar-refractivity contribution in [3.05, 3.63) is 41.6 Å². The topological polar surface area (TPSA) is 38.1 Å². The molecule has 0 aliphatic heterocycles. The standard InChI is InChI=1S/C13H16N2O/c1-3-14-9-11-8-13(16-15-11)12-7-5-4-6-10(12)2/h4-8,14H,3,9H2,1-2H3. The fraction of sp³-hybridized carbons (Fsp3) is 0.308. The molecule has 0 radical (unpaired) electrons. The van der Waals surface area contributed by atoms with Crippen LogP contribution in [0, 0.1) is 6.92 Å². The summed E-state index contributed by atoms with van der Waals surface area (Å²) >= 11 is 0. The average Bonchev–Trinajstić information content (AvgIpc) is 2.75. The molecule has 0 aliphatic carbocycles. The molecule has 0 aliphatic rings. The molecular formula is C13H16N2O. The molecule has 1 aromatic heterocycles. The summed E-state index contributed by atoms with van der Waals surface area (Å²) in [6.45, 7) is 5.84. The van der Waals surface area contributed by atoms with Gasteiger partial charge < -0.3 is 9.84 Å². The largest absolute Gasteiger partial charge is 0.356 e. The van der Waals surface area contributed by atoms with Crippen LogP contribution in [0.25, 0.3) is 11.3 Å². The van der Waals surface area contributed by atoms with Crippen molar-refractivity contribution in [2.75, 3.05) is 6.54 Å². The predicted octanol–water partition coefficient (Wildman–Crippen LogP) is 2.76. The van der Waals surface area contributed by atoms with Crippen LogP contribution in [0.5, 0.6) is 0 Å². The highest BCUT2D eigenvalue weighted by Crippen LogP contribution is 2.23. The van der Waals surface area contributed by atoms with E-state index < -0.39 is 0 Å². The molecule has 2 aromatic rings. The highest BCUT2D eigenvalue weighted by atomic mass is 16.5. The van der Waals surface area contributed by atoms with Crippen LogP contribution in [0.15, 0.2) is 34.9 Å². The van der Waals surface area contributed by atoms with Crippen LogP contribution in [0.2, 0.25) is 0 Å². The Morgan fingerprint density at radius 1 is 1.31 bits per heavy atom. The Kier molecular flexibility index (Phi) is 3.37. The molecule has 0 saturated carbocycles. The van der Waals surface area contributed by atoms with Gasteiger partial charge in [0, 0.05) is 18.2 Å². The number of hydrogen-bond donors (Lipinski definition) is 1. The summed E-state index contributed by atoms with van der Waals surface area (Å²) in [5, 5.41) is 7.26. The molecule has 0 amide bonds. The fourth-order valence-corrected chi connectivity index (χ4v) is 1.62. The van der Waals surface area contributed by atoms with Crippen molar-refractivity contribution in [3.8, 4) is 11.3 Å². The van der Waals surface area contributed by atoms with E-state index in [9.17, 15) is 0 Å². The van der Waals surface area contributed by atoms with Gasteiger partial charge in [-0.3, -0.25) is 0 Å². The lowest BCUT2D eigenvalue weighted by molar-refractivity contribution is 0.420. The lowest BCUT2D eigenvalue weighted by Crippen LogP contribution is -2.11. The van der Waals surface area contributed by atoms with Gasteiger partial charge in [0.25, 0.3) is 0 Å². The van der Waals surface area contributed by atoms with Gasteiger partial charge in [-0.15, -0.1) is 0 Å². The van der Waals surface area contributed by atoms with Crippen LogP contribution in [0.3, 0.4) is 0 Å². The third-order valence-corrected chi connectivity index (χ3v) is 2.53. The Hall–Kier alpha value is -1.61. The molecule has 1 aromatic carbocycles. The zero-order valence-corrected chi connectivity index (χ0v) is 9.66. The SMILES string of the molecule is CCNCc1cc(-c2ccccc2C)on1. The van der Waals surface area contributed by atoms with Gasteiger partial charge in [0.1, 0.15) is 0 Å². The maximum Gasteiger partial charge on any atom is 0.167 e. The maximum absolute atomic E-state index is 5.34. The zero-order chi connectivity index (χ0) is 11.4. The first-order valence-corrected chi connectivity index (χ1v) is 5.53. The van der Waals surface area contributed by atoms with Crippen molar-refractivity contribution in [1.82, 2.24) is 10.5 Å². The molecule has 0 saturated heterocycles. The molecule has 0 bridgehead atoms. The van der Waals surface area contributed by atoms with Gasteiger partial charge in [0.2, 0.25) is 0 Å². The lowest BCUT2D eigenvalue weighted by Gasteiger charge is -1.98. The lowest BCUT2D eigenvalue weighted by atomic mass is 10.1. The van der Waals surface area contributed by atoms with E-state index in [1.807, 2.05) is 24.3 Å². The van der Waals surface area contributed by atoms with Gasteiger partial charge in [-0.2, -0.15) is 0 Å². The van der Waals surface area contributed by atoms with E-state index in [-0.39, 0.29) is 0 Å². The molecule has 0 atom stereocenters. The van der Waals surface area contributed by atoms with Crippen LogP contribution in [0.1, 0.15) is 18.2 Å². The molecule has 0 unspecified atom stereocenters. The van der Waals surface area contributed by atoms with E-state index in [1.54, 1.807) is 0 Å². The van der Waals surface area contributed by atoms with Crippen molar-refractivity contribution in [3.63, 3.8) is 0 Å². The minimum atomic E-state index is 0.756. The van der Waals surface area contributed by atoms with Crippen LogP contribution >= 0.6 is 0 Å². The second-order valence-corrected chi connectivity index (χ2v) is 3.78. The van der Waals surface area contributed by atoms with Gasteiger partial charge in [-0.05, 0) is 19.0 Å². The van der Waals surface area contributed by atoms with Crippen molar-refractivity contribution in [2.45, 2.75) is 20.4 Å². The van der Waals surface area contributed by atoms with Crippen molar-refractivity contribution < 1.29 is 4.52 Å². The van der Waals surface area contributed by atoms with E-state index in [0.717, 1.165) is 30.1 Å². The number of nitrogens with one attached hydrogen (secondary N) is 1. The summed E-state index contributed by atoms with van der Waals surface area (Å²) < 4.78 is 5.34. The minimum Gasteiger partial charge on any atom is -0.356 e. The average molecular weight is 216 g/mol. The van der Waals surface area contributed by atoms with Gasteiger partial charge in [-0.25, -0.2) is 0 Å². The Labute approximate surface area is 95.5 Å². The highest BCUT2D eigenvalue weighted by molar-refractivity contribution is 5.61. The number of aryl methyl sites for hydroxylation is 1. The normalized spacial score (nSPS) is 10.6. The number of nitrogens with zero attached hydrogens (tertiary/aromatic N) is 1. The second kappa shape index (κ2) is 4.94. The third-order valence-electron chi connectivity index (χ3n) is 2.53. The Bertz CT molecular complexity index is 462. The van der Waals surface area contributed by atoms with E-state index in [1.165, 1.54) is 5.56 Å². The summed E-state index contributed by atoms with van der Waals surface area (Å²) in [6.07, 6.45) is 0. The van der Waals surface area contributed by atoms with Gasteiger partial charge in [-0.1, -0.05) is 36.3 Å². The van der Waals surface area contributed by atoms with E-state index in [0.29, 0.717) is 0 Å².